The summed E-state index contributed by atoms with van der Waals surface area (Å²) in [6, 6.07) is 8.28. The first-order valence-corrected chi connectivity index (χ1v) is 8.68. The summed E-state index contributed by atoms with van der Waals surface area (Å²) in [5.74, 6) is 0.434. The van der Waals surface area contributed by atoms with E-state index in [0.717, 1.165) is 19.3 Å². The van der Waals surface area contributed by atoms with E-state index in [1.165, 1.54) is 10.6 Å². The quantitative estimate of drug-likeness (QED) is 0.767. The van der Waals surface area contributed by atoms with Gasteiger partial charge in [0, 0.05) is 29.7 Å². The number of hydrogen-bond acceptors (Lipinski definition) is 2. The Hall–Kier alpha value is -1.81. The van der Waals surface area contributed by atoms with Gasteiger partial charge in [-0.2, -0.15) is 0 Å². The molecule has 1 aliphatic rings. The molecule has 1 aliphatic carbocycles. The van der Waals surface area contributed by atoms with Gasteiger partial charge in [-0.15, -0.1) is 11.3 Å². The average molecular weight is 314 g/mol. The molecule has 0 spiro atoms. The summed E-state index contributed by atoms with van der Waals surface area (Å²) < 4.78 is 2.09. The maximum absolute atomic E-state index is 12.9. The van der Waals surface area contributed by atoms with Crippen LogP contribution in [0, 0.1) is 5.92 Å². The minimum absolute atomic E-state index is 0.144. The fourth-order valence-electron chi connectivity index (χ4n) is 2.93. The molecule has 22 heavy (non-hydrogen) atoms. The summed E-state index contributed by atoms with van der Waals surface area (Å²) in [6.07, 6.45) is 9.25. The van der Waals surface area contributed by atoms with Crippen molar-refractivity contribution in [2.45, 2.75) is 32.4 Å². The minimum Gasteiger partial charge on any atom is -0.353 e. The minimum atomic E-state index is 0.144. The van der Waals surface area contributed by atoms with E-state index in [4.69, 9.17) is 0 Å². The Balaban J connectivity index is 1.77. The van der Waals surface area contributed by atoms with Crippen LogP contribution in [0.5, 0.6) is 0 Å². The van der Waals surface area contributed by atoms with Crippen LogP contribution in [-0.4, -0.2) is 15.4 Å². The molecule has 4 heteroatoms. The van der Waals surface area contributed by atoms with E-state index in [1.807, 2.05) is 24.2 Å². The van der Waals surface area contributed by atoms with E-state index in [1.54, 1.807) is 11.3 Å². The van der Waals surface area contributed by atoms with Gasteiger partial charge >= 0.3 is 0 Å². The molecule has 0 fully saturated rings. The predicted molar refractivity (Wildman–Crippen MR) is 90.5 cm³/mol. The van der Waals surface area contributed by atoms with Crippen LogP contribution < -0.4 is 0 Å². The molecule has 2 heterocycles. The van der Waals surface area contributed by atoms with E-state index in [0.29, 0.717) is 19.0 Å². The van der Waals surface area contributed by atoms with Crippen molar-refractivity contribution in [3.8, 4) is 0 Å². The number of amides is 1. The summed E-state index contributed by atoms with van der Waals surface area (Å²) in [6.45, 7) is 1.39. The van der Waals surface area contributed by atoms with Gasteiger partial charge in [0.1, 0.15) is 0 Å². The highest BCUT2D eigenvalue weighted by Gasteiger charge is 2.25. The summed E-state index contributed by atoms with van der Waals surface area (Å²) in [5, 5.41) is 2.07. The smallest absolute Gasteiger partial charge is 0.226 e. The van der Waals surface area contributed by atoms with Crippen LogP contribution in [-0.2, 0) is 24.9 Å². The number of hydrogen-bond donors (Lipinski definition) is 0. The second-order valence-electron chi connectivity index (χ2n) is 5.87. The molecule has 0 saturated carbocycles. The van der Waals surface area contributed by atoms with E-state index >= 15 is 0 Å². The van der Waals surface area contributed by atoms with Gasteiger partial charge in [0.25, 0.3) is 0 Å². The highest BCUT2D eigenvalue weighted by Crippen LogP contribution is 2.24. The SMILES string of the molecule is Cn1cccc1CN(Cc1cccs1)C(=O)[C@H]1CC=CCC1. The Morgan fingerprint density at radius 1 is 1.32 bits per heavy atom. The van der Waals surface area contributed by atoms with Crippen LogP contribution in [0.4, 0.5) is 0 Å². The molecule has 1 amide bonds. The van der Waals surface area contributed by atoms with Crippen LogP contribution >= 0.6 is 11.3 Å². The van der Waals surface area contributed by atoms with Crippen LogP contribution in [0.2, 0.25) is 0 Å². The lowest BCUT2D eigenvalue weighted by atomic mass is 9.93. The first-order chi connectivity index (χ1) is 10.7. The lowest BCUT2D eigenvalue weighted by Gasteiger charge is -2.28. The molecule has 116 valence electrons. The van der Waals surface area contributed by atoms with Gasteiger partial charge in [-0.1, -0.05) is 18.2 Å². The van der Waals surface area contributed by atoms with E-state index < -0.39 is 0 Å². The number of rotatable bonds is 5. The molecule has 0 unspecified atom stereocenters. The number of allylic oxidation sites excluding steroid dienone is 2. The third-order valence-corrected chi connectivity index (χ3v) is 5.12. The van der Waals surface area contributed by atoms with Crippen molar-refractivity contribution in [3.63, 3.8) is 0 Å². The molecule has 0 saturated heterocycles. The van der Waals surface area contributed by atoms with E-state index in [9.17, 15) is 4.79 Å². The van der Waals surface area contributed by atoms with Crippen LogP contribution in [0.1, 0.15) is 29.8 Å². The average Bonchev–Trinajstić information content (AvgIpc) is 3.19. The molecular weight excluding hydrogens is 292 g/mol. The zero-order valence-electron chi connectivity index (χ0n) is 12.9. The van der Waals surface area contributed by atoms with Crippen molar-refractivity contribution < 1.29 is 4.79 Å². The number of carbonyl (C=O) groups is 1. The van der Waals surface area contributed by atoms with Crippen molar-refractivity contribution in [2.75, 3.05) is 0 Å². The molecule has 0 radical (unpaired) electrons. The number of aromatic nitrogens is 1. The summed E-state index contributed by atoms with van der Waals surface area (Å²) >= 11 is 1.72. The van der Waals surface area contributed by atoms with Crippen molar-refractivity contribution >= 4 is 17.2 Å². The first kappa shape index (κ1) is 15.1. The fourth-order valence-corrected chi connectivity index (χ4v) is 3.65. The molecule has 0 aliphatic heterocycles. The molecule has 0 aromatic carbocycles. The first-order valence-electron chi connectivity index (χ1n) is 7.80. The summed E-state index contributed by atoms with van der Waals surface area (Å²) in [4.78, 5) is 16.2. The number of carbonyl (C=O) groups excluding carboxylic acids is 1. The van der Waals surface area contributed by atoms with Gasteiger partial charge in [0.05, 0.1) is 13.1 Å². The maximum atomic E-state index is 12.9. The third kappa shape index (κ3) is 3.50. The Bertz CT molecular complexity index is 642. The Morgan fingerprint density at radius 2 is 2.23 bits per heavy atom. The van der Waals surface area contributed by atoms with Crippen LogP contribution in [0.3, 0.4) is 0 Å². The number of thiophene rings is 1. The zero-order valence-corrected chi connectivity index (χ0v) is 13.8. The fraction of sp³-hybridized carbons (Fsp3) is 0.389. The molecule has 3 nitrogen and oxygen atoms in total. The van der Waals surface area contributed by atoms with Crippen molar-refractivity contribution in [2.24, 2.45) is 13.0 Å². The normalized spacial score (nSPS) is 17.6. The third-order valence-electron chi connectivity index (χ3n) is 4.26. The van der Waals surface area contributed by atoms with Crippen LogP contribution in [0.15, 0.2) is 48.0 Å². The predicted octanol–water partition coefficient (Wildman–Crippen LogP) is 3.97. The van der Waals surface area contributed by atoms with Crippen LogP contribution in [0.25, 0.3) is 0 Å². The van der Waals surface area contributed by atoms with Crippen molar-refractivity contribution in [3.05, 3.63) is 58.6 Å². The lowest BCUT2D eigenvalue weighted by molar-refractivity contribution is -0.137. The van der Waals surface area contributed by atoms with Gasteiger partial charge in [-0.05, 0) is 42.8 Å². The molecule has 2 aromatic heterocycles. The Morgan fingerprint density at radius 3 is 2.86 bits per heavy atom. The van der Waals surface area contributed by atoms with E-state index in [-0.39, 0.29) is 5.92 Å². The zero-order chi connectivity index (χ0) is 15.4. The maximum Gasteiger partial charge on any atom is 0.226 e. The second kappa shape index (κ2) is 6.97. The summed E-state index contributed by atoms with van der Waals surface area (Å²) in [5.41, 5.74) is 1.18. The van der Waals surface area contributed by atoms with E-state index in [2.05, 4.69) is 40.3 Å². The lowest BCUT2D eigenvalue weighted by Crippen LogP contribution is -2.36. The molecule has 1 atom stereocenters. The highest BCUT2D eigenvalue weighted by molar-refractivity contribution is 7.09. The van der Waals surface area contributed by atoms with Gasteiger partial charge in [0.15, 0.2) is 0 Å². The van der Waals surface area contributed by atoms with Gasteiger partial charge in [-0.3, -0.25) is 4.79 Å². The monoisotopic (exact) mass is 314 g/mol. The highest BCUT2D eigenvalue weighted by atomic mass is 32.1. The molecule has 0 N–H and O–H groups in total. The van der Waals surface area contributed by atoms with Gasteiger partial charge < -0.3 is 9.47 Å². The van der Waals surface area contributed by atoms with Gasteiger partial charge in [0.2, 0.25) is 5.91 Å². The molecule has 3 rings (SSSR count). The Kier molecular flexibility index (Phi) is 4.78. The van der Waals surface area contributed by atoms with Crippen molar-refractivity contribution in [1.82, 2.24) is 9.47 Å². The second-order valence-corrected chi connectivity index (χ2v) is 6.90. The number of nitrogens with zero attached hydrogens (tertiary/aromatic N) is 2. The number of aryl methyl sites for hydroxylation is 1. The topological polar surface area (TPSA) is 25.2 Å². The Labute approximate surface area is 135 Å². The largest absolute Gasteiger partial charge is 0.353 e. The van der Waals surface area contributed by atoms with Crippen molar-refractivity contribution in [1.29, 1.82) is 0 Å². The molecule has 2 aromatic rings. The summed E-state index contributed by atoms with van der Waals surface area (Å²) in [7, 11) is 2.03. The standard InChI is InChI=1S/C18H22N2OS/c1-19-11-5-9-16(19)13-20(14-17-10-6-12-22-17)18(21)15-7-3-2-4-8-15/h2-3,5-6,9-12,15H,4,7-8,13-14H2,1H3/t15-/m0/s1. The molecular formula is C18H22N2OS. The molecule has 0 bridgehead atoms. The van der Waals surface area contributed by atoms with Gasteiger partial charge in [-0.25, -0.2) is 0 Å².